The molecule has 5 heterocycles. The number of nitrogens with zero attached hydrogens (tertiary/aromatic N) is 4. The van der Waals surface area contributed by atoms with E-state index in [0.717, 1.165) is 122 Å². The van der Waals surface area contributed by atoms with Gasteiger partial charge in [0.15, 0.2) is 0 Å². The summed E-state index contributed by atoms with van der Waals surface area (Å²) in [7, 11) is 0. The topological polar surface area (TPSA) is 61.4 Å². The van der Waals surface area contributed by atoms with Gasteiger partial charge in [-0.25, -0.2) is 9.97 Å². The summed E-state index contributed by atoms with van der Waals surface area (Å²) in [5.74, 6) is 0.880. The third kappa shape index (κ3) is 5.01. The first-order valence-electron chi connectivity index (χ1n) is 20.1. The highest BCUT2D eigenvalue weighted by molar-refractivity contribution is 6.10. The lowest BCUT2D eigenvalue weighted by Crippen LogP contribution is -1.94. The van der Waals surface area contributed by atoms with E-state index in [4.69, 9.17) is 18.8 Å². The molecule has 60 heavy (non-hydrogen) atoms. The number of benzene rings is 8. The van der Waals surface area contributed by atoms with E-state index in [-0.39, 0.29) is 0 Å². The van der Waals surface area contributed by atoms with Crippen LogP contribution >= 0.6 is 0 Å². The summed E-state index contributed by atoms with van der Waals surface area (Å²) >= 11 is 0. The Hall–Kier alpha value is -8.22. The summed E-state index contributed by atoms with van der Waals surface area (Å²) in [4.78, 5) is 10.3. The highest BCUT2D eigenvalue weighted by atomic mass is 16.3. The molecule has 0 radical (unpaired) electrons. The molecule has 0 aliphatic rings. The molecule has 0 aliphatic heterocycles. The zero-order chi connectivity index (χ0) is 39.3. The molecular formula is C54H32N4O2. The van der Waals surface area contributed by atoms with Gasteiger partial charge >= 0.3 is 0 Å². The van der Waals surface area contributed by atoms with Gasteiger partial charge in [-0.05, 0) is 119 Å². The van der Waals surface area contributed by atoms with E-state index < -0.39 is 0 Å². The lowest BCUT2D eigenvalue weighted by Gasteiger charge is -2.10. The van der Waals surface area contributed by atoms with Gasteiger partial charge in [-0.1, -0.05) is 97.1 Å². The minimum atomic E-state index is 0.842. The zero-order valence-corrected chi connectivity index (χ0v) is 32.1. The smallest absolute Gasteiger partial charge is 0.220 e. The van der Waals surface area contributed by atoms with Crippen molar-refractivity contribution < 1.29 is 8.83 Å². The molecule has 8 aromatic carbocycles. The van der Waals surface area contributed by atoms with Gasteiger partial charge in [0.2, 0.25) is 5.78 Å². The average molecular weight is 769 g/mol. The molecule has 13 rings (SSSR count). The fourth-order valence-electron chi connectivity index (χ4n) is 9.04. The Morgan fingerprint density at radius 3 is 1.50 bits per heavy atom. The maximum atomic E-state index is 6.43. The van der Waals surface area contributed by atoms with Crippen LogP contribution in [0, 0.1) is 0 Å². The number of fused-ring (bicyclic) bond motifs is 11. The Balaban J connectivity index is 0.933. The van der Waals surface area contributed by atoms with Crippen molar-refractivity contribution in [1.29, 1.82) is 0 Å². The van der Waals surface area contributed by atoms with Gasteiger partial charge in [0.25, 0.3) is 0 Å². The Morgan fingerprint density at radius 1 is 0.333 bits per heavy atom. The van der Waals surface area contributed by atoms with E-state index in [1.54, 1.807) is 0 Å². The molecule has 0 saturated heterocycles. The molecule has 0 saturated carbocycles. The first-order valence-corrected chi connectivity index (χ1v) is 20.1. The Kier molecular flexibility index (Phi) is 6.91. The highest BCUT2D eigenvalue weighted by Crippen LogP contribution is 2.39. The van der Waals surface area contributed by atoms with E-state index >= 15 is 0 Å². The lowest BCUT2D eigenvalue weighted by molar-refractivity contribution is 0.668. The van der Waals surface area contributed by atoms with E-state index in [1.807, 2.05) is 18.2 Å². The van der Waals surface area contributed by atoms with Crippen LogP contribution in [-0.2, 0) is 0 Å². The number of para-hydroxylation sites is 4. The quantitative estimate of drug-likeness (QED) is 0.175. The van der Waals surface area contributed by atoms with Crippen LogP contribution in [0.4, 0.5) is 0 Å². The number of hydrogen-bond donors (Lipinski definition) is 0. The van der Waals surface area contributed by atoms with Gasteiger partial charge in [-0.2, -0.15) is 0 Å². The molecular weight excluding hydrogens is 737 g/mol. The number of hydrogen-bond acceptors (Lipinski definition) is 4. The number of imidazole rings is 2. The standard InChI is InChI=1S/C54H32N4O2/c1-3-11-33(12-4-1)38-30-45(34-13-5-2-6-14-34)55-46(31-38)37-21-25-52-42(29-37)40-27-35(19-23-50(40)59-52)36-20-24-51-41(28-36)43-32-39(22-26-53(43)60-51)57-48-17-9-10-18-49(48)58-47-16-8-7-15-44(47)56-54(57)58/h1-32H. The van der Waals surface area contributed by atoms with Crippen molar-refractivity contribution in [3.8, 4) is 50.5 Å². The molecule has 280 valence electrons. The normalized spacial score (nSPS) is 12.0. The van der Waals surface area contributed by atoms with Gasteiger partial charge in [0, 0.05) is 32.7 Å². The maximum Gasteiger partial charge on any atom is 0.220 e. The van der Waals surface area contributed by atoms with Crippen molar-refractivity contribution in [1.82, 2.24) is 18.9 Å². The van der Waals surface area contributed by atoms with Crippen LogP contribution in [-0.4, -0.2) is 18.9 Å². The second-order valence-corrected chi connectivity index (χ2v) is 15.4. The molecule has 0 N–H and O–H groups in total. The fourth-order valence-corrected chi connectivity index (χ4v) is 9.04. The van der Waals surface area contributed by atoms with Crippen LogP contribution in [0.1, 0.15) is 0 Å². The first-order chi connectivity index (χ1) is 29.7. The average Bonchev–Trinajstić information content (AvgIpc) is 4.07. The summed E-state index contributed by atoms with van der Waals surface area (Å²) in [6, 6.07) is 67.8. The van der Waals surface area contributed by atoms with Gasteiger partial charge in [-0.3, -0.25) is 8.97 Å². The van der Waals surface area contributed by atoms with Gasteiger partial charge < -0.3 is 8.83 Å². The van der Waals surface area contributed by atoms with Gasteiger partial charge in [0.1, 0.15) is 22.3 Å². The summed E-state index contributed by atoms with van der Waals surface area (Å²) < 4.78 is 17.4. The number of pyridine rings is 1. The van der Waals surface area contributed by atoms with Crippen LogP contribution in [0.15, 0.2) is 203 Å². The number of furan rings is 2. The second kappa shape index (κ2) is 12.6. The summed E-state index contributed by atoms with van der Waals surface area (Å²) in [6.45, 7) is 0. The molecule has 0 fully saturated rings. The highest BCUT2D eigenvalue weighted by Gasteiger charge is 2.19. The van der Waals surface area contributed by atoms with Crippen molar-refractivity contribution in [2.45, 2.75) is 0 Å². The van der Waals surface area contributed by atoms with E-state index in [2.05, 4.69) is 185 Å². The molecule has 0 bridgehead atoms. The predicted octanol–water partition coefficient (Wildman–Crippen LogP) is 14.3. The second-order valence-electron chi connectivity index (χ2n) is 15.4. The Bertz CT molecular complexity index is 3780. The first kappa shape index (κ1) is 32.8. The van der Waals surface area contributed by atoms with E-state index in [1.165, 1.54) is 0 Å². The molecule has 5 aromatic heterocycles. The molecule has 13 aromatic rings. The molecule has 0 spiro atoms. The van der Waals surface area contributed by atoms with Crippen LogP contribution in [0.5, 0.6) is 0 Å². The summed E-state index contributed by atoms with van der Waals surface area (Å²) in [5.41, 5.74) is 17.1. The summed E-state index contributed by atoms with van der Waals surface area (Å²) in [6.07, 6.45) is 0. The minimum Gasteiger partial charge on any atom is -0.456 e. The van der Waals surface area contributed by atoms with Crippen molar-refractivity contribution in [2.75, 3.05) is 0 Å². The fraction of sp³-hybridized carbons (Fsp3) is 0. The largest absolute Gasteiger partial charge is 0.456 e. The lowest BCUT2D eigenvalue weighted by atomic mass is 9.98. The van der Waals surface area contributed by atoms with E-state index in [0.29, 0.717) is 0 Å². The molecule has 6 heteroatoms. The molecule has 0 unspecified atom stereocenters. The van der Waals surface area contributed by atoms with Crippen LogP contribution in [0.3, 0.4) is 0 Å². The molecule has 0 aliphatic carbocycles. The Labute approximate surface area is 342 Å². The SMILES string of the molecule is c1ccc(-c2cc(-c3ccccc3)nc(-c3ccc4oc5ccc(-c6ccc7oc8ccc(-n9c%10ccccc%10n%10c%11ccccc%11nc9%10)cc8c7c6)cc5c4c3)c2)cc1. The zero-order valence-electron chi connectivity index (χ0n) is 32.1. The number of rotatable bonds is 5. The molecule has 0 amide bonds. The third-order valence-corrected chi connectivity index (χ3v) is 11.9. The van der Waals surface area contributed by atoms with Crippen LogP contribution < -0.4 is 0 Å². The van der Waals surface area contributed by atoms with Gasteiger partial charge in [0.05, 0.1) is 39.1 Å². The minimum absolute atomic E-state index is 0.842. The third-order valence-electron chi connectivity index (χ3n) is 11.9. The number of aromatic nitrogens is 4. The maximum absolute atomic E-state index is 6.43. The van der Waals surface area contributed by atoms with Crippen LogP contribution in [0.25, 0.3) is 122 Å². The summed E-state index contributed by atoms with van der Waals surface area (Å²) in [5, 5.41) is 4.22. The van der Waals surface area contributed by atoms with Crippen molar-refractivity contribution in [2.24, 2.45) is 0 Å². The predicted molar refractivity (Wildman–Crippen MR) is 244 cm³/mol. The van der Waals surface area contributed by atoms with Crippen molar-refractivity contribution in [3.05, 3.63) is 194 Å². The van der Waals surface area contributed by atoms with Crippen molar-refractivity contribution in [3.63, 3.8) is 0 Å². The Morgan fingerprint density at radius 2 is 0.833 bits per heavy atom. The monoisotopic (exact) mass is 768 g/mol. The molecule has 0 atom stereocenters. The van der Waals surface area contributed by atoms with Crippen molar-refractivity contribution >= 4 is 71.7 Å². The van der Waals surface area contributed by atoms with Crippen LogP contribution in [0.2, 0.25) is 0 Å². The van der Waals surface area contributed by atoms with E-state index in [9.17, 15) is 0 Å². The van der Waals surface area contributed by atoms with Gasteiger partial charge in [-0.15, -0.1) is 0 Å². The molecule has 6 nitrogen and oxygen atoms in total.